The van der Waals surface area contributed by atoms with Crippen molar-refractivity contribution in [1.29, 1.82) is 0 Å². The highest BCUT2D eigenvalue weighted by atomic mass is 32.1. The molecule has 0 unspecified atom stereocenters. The van der Waals surface area contributed by atoms with Gasteiger partial charge in [0.2, 0.25) is 0 Å². The van der Waals surface area contributed by atoms with E-state index in [-0.39, 0.29) is 19.8 Å². The summed E-state index contributed by atoms with van der Waals surface area (Å²) in [5.41, 5.74) is 1.70. The predicted octanol–water partition coefficient (Wildman–Crippen LogP) is 8.59. The molecular weight excluding hydrogens is 689 g/mol. The molecule has 6 aromatic rings. The van der Waals surface area contributed by atoms with Gasteiger partial charge >= 0.3 is 0 Å². The topological polar surface area (TPSA) is 119 Å². The number of aromatic nitrogens is 4. The monoisotopic (exact) mass is 740 g/mol. The van der Waals surface area contributed by atoms with Crippen molar-refractivity contribution in [3.05, 3.63) is 60.2 Å². The van der Waals surface area contributed by atoms with Gasteiger partial charge in [-0.1, -0.05) is 31.7 Å². The van der Waals surface area contributed by atoms with Crippen molar-refractivity contribution in [1.82, 2.24) is 29.7 Å². The van der Waals surface area contributed by atoms with E-state index in [1.165, 1.54) is 25.7 Å². The van der Waals surface area contributed by atoms with Gasteiger partial charge in [-0.25, -0.2) is 19.9 Å². The van der Waals surface area contributed by atoms with Crippen LogP contribution in [0.3, 0.4) is 0 Å². The Morgan fingerprint density at radius 3 is 1.62 bits per heavy atom. The molecule has 52 heavy (non-hydrogen) atoms. The molecule has 2 aliphatic rings. The van der Waals surface area contributed by atoms with Crippen molar-refractivity contribution in [2.24, 2.45) is 0 Å². The van der Waals surface area contributed by atoms with Crippen molar-refractivity contribution >= 4 is 80.7 Å². The van der Waals surface area contributed by atoms with Gasteiger partial charge in [-0.3, -0.25) is 4.79 Å². The number of fused-ring (bicyclic) bond motifs is 6. The van der Waals surface area contributed by atoms with Crippen LogP contribution in [0.4, 0.5) is 11.6 Å². The fraction of sp³-hybridized carbons (Fsp3) is 0.475. The summed E-state index contributed by atoms with van der Waals surface area (Å²) in [6.45, 7) is 1.66. The first kappa shape index (κ1) is 37.9. The first-order chi connectivity index (χ1) is 24.7. The fourth-order valence-corrected chi connectivity index (χ4v) is 10.0. The number of hydrogen-bond acceptors (Lipinski definition) is 12. The standard InChI is InChI=1S/C20H24N4OS.C19H24N4OS.CH4/c1-12(25)15-5-4-6-16-17(15)18-19(21-11-22-20(18)26-16)23-13-7-9-14(10-8-13)24(2)3;1-23(2)14-8-6-13(7-9-14)22-18-17-16-12(10-24)4-3-5-15(16)25-19(17)21-11-20-18;/h4-6,11,13-14H,7-10H2,1-3H3,(H,21,22,23);3-5,11,13-14,24H,6-10H2,1-2H3,(H,20,21,22);1H4. The van der Waals surface area contributed by atoms with E-state index in [9.17, 15) is 9.90 Å². The summed E-state index contributed by atoms with van der Waals surface area (Å²) >= 11 is 3.29. The Bertz CT molecular complexity index is 2150. The van der Waals surface area contributed by atoms with E-state index < -0.39 is 0 Å². The fourth-order valence-electron chi connectivity index (χ4n) is 7.88. The molecule has 0 bridgehead atoms. The van der Waals surface area contributed by atoms with Crippen molar-refractivity contribution in [2.75, 3.05) is 38.8 Å². The van der Waals surface area contributed by atoms with Crippen LogP contribution in [0.25, 0.3) is 40.6 Å². The quantitative estimate of drug-likeness (QED) is 0.131. The number of nitrogens with one attached hydrogen (secondary N) is 2. The van der Waals surface area contributed by atoms with Crippen LogP contribution < -0.4 is 10.6 Å². The molecule has 0 radical (unpaired) electrons. The molecule has 4 aromatic heterocycles. The minimum atomic E-state index is 0. The van der Waals surface area contributed by atoms with Crippen LogP contribution >= 0.6 is 22.7 Å². The lowest BCUT2D eigenvalue weighted by Gasteiger charge is -2.33. The van der Waals surface area contributed by atoms with E-state index >= 15 is 0 Å². The molecular formula is C40H52N8O2S2. The number of carbonyl (C=O) groups excluding carboxylic acids is 1. The van der Waals surface area contributed by atoms with Crippen molar-refractivity contribution in [2.45, 2.75) is 96.5 Å². The average molecular weight is 741 g/mol. The number of aliphatic hydroxyl groups excluding tert-OH is 1. The highest BCUT2D eigenvalue weighted by Crippen LogP contribution is 2.40. The van der Waals surface area contributed by atoms with Gasteiger partial charge in [0.25, 0.3) is 0 Å². The van der Waals surface area contributed by atoms with E-state index in [0.29, 0.717) is 24.2 Å². The molecule has 3 N–H and O–H groups in total. The van der Waals surface area contributed by atoms with Gasteiger partial charge in [0, 0.05) is 49.9 Å². The summed E-state index contributed by atoms with van der Waals surface area (Å²) in [5, 5.41) is 21.2. The smallest absolute Gasteiger partial charge is 0.160 e. The van der Waals surface area contributed by atoms with Crippen LogP contribution in [-0.4, -0.2) is 93.0 Å². The molecule has 0 amide bonds. The Labute approximate surface area is 314 Å². The lowest BCUT2D eigenvalue weighted by Crippen LogP contribution is -2.36. The molecule has 8 rings (SSSR count). The molecule has 0 atom stereocenters. The summed E-state index contributed by atoms with van der Waals surface area (Å²) in [6, 6.07) is 14.2. The van der Waals surface area contributed by atoms with E-state index in [1.807, 2.05) is 24.3 Å². The Morgan fingerprint density at radius 1 is 0.692 bits per heavy atom. The minimum Gasteiger partial charge on any atom is -0.392 e. The molecule has 0 saturated heterocycles. The normalized spacial score (nSPS) is 20.6. The molecule has 4 heterocycles. The van der Waals surface area contributed by atoms with Crippen molar-refractivity contribution < 1.29 is 9.90 Å². The maximum atomic E-state index is 12.1. The Morgan fingerprint density at radius 2 is 1.15 bits per heavy atom. The summed E-state index contributed by atoms with van der Waals surface area (Å²) in [7, 11) is 8.65. The predicted molar refractivity (Wildman–Crippen MR) is 219 cm³/mol. The van der Waals surface area contributed by atoms with Gasteiger partial charge in [-0.2, -0.15) is 0 Å². The zero-order valence-electron chi connectivity index (χ0n) is 30.1. The van der Waals surface area contributed by atoms with Crippen molar-refractivity contribution in [3.63, 3.8) is 0 Å². The molecule has 2 saturated carbocycles. The molecule has 0 aliphatic heterocycles. The molecule has 2 aromatic carbocycles. The lowest BCUT2D eigenvalue weighted by atomic mass is 9.90. The van der Waals surface area contributed by atoms with E-state index in [4.69, 9.17) is 0 Å². The molecule has 2 fully saturated rings. The van der Waals surface area contributed by atoms with Crippen LogP contribution in [0, 0.1) is 0 Å². The van der Waals surface area contributed by atoms with Gasteiger partial charge in [0.1, 0.15) is 34.0 Å². The molecule has 12 heteroatoms. The minimum absolute atomic E-state index is 0. The number of ketones is 1. The molecule has 276 valence electrons. The summed E-state index contributed by atoms with van der Waals surface area (Å²) in [6.07, 6.45) is 12.7. The highest BCUT2D eigenvalue weighted by Gasteiger charge is 2.26. The first-order valence-electron chi connectivity index (χ1n) is 18.0. The van der Waals surface area contributed by atoms with Crippen LogP contribution in [0.2, 0.25) is 0 Å². The molecule has 0 spiro atoms. The number of aliphatic hydroxyl groups is 1. The van der Waals surface area contributed by atoms with Crippen LogP contribution in [0.5, 0.6) is 0 Å². The zero-order valence-corrected chi connectivity index (χ0v) is 31.8. The van der Waals surface area contributed by atoms with Gasteiger partial charge in [0.05, 0.1) is 17.4 Å². The number of carbonyl (C=O) groups is 1. The average Bonchev–Trinajstić information content (AvgIpc) is 3.72. The zero-order chi connectivity index (χ0) is 35.6. The van der Waals surface area contributed by atoms with Crippen molar-refractivity contribution in [3.8, 4) is 0 Å². The second-order valence-electron chi connectivity index (χ2n) is 14.4. The number of anilines is 2. The van der Waals surface area contributed by atoms with Crippen LogP contribution in [-0.2, 0) is 6.61 Å². The maximum absolute atomic E-state index is 12.1. The summed E-state index contributed by atoms with van der Waals surface area (Å²) in [5.74, 6) is 1.85. The number of nitrogens with zero attached hydrogens (tertiary/aromatic N) is 6. The highest BCUT2D eigenvalue weighted by molar-refractivity contribution is 7.26. The van der Waals surface area contributed by atoms with Gasteiger partial charge in [0.15, 0.2) is 5.78 Å². The van der Waals surface area contributed by atoms with E-state index in [2.05, 4.69) is 80.7 Å². The third-order valence-corrected chi connectivity index (χ3v) is 12.9. The van der Waals surface area contributed by atoms with Gasteiger partial charge in [-0.05, 0) is 104 Å². The Hall–Kier alpha value is -3.81. The lowest BCUT2D eigenvalue weighted by molar-refractivity contribution is 0.101. The third-order valence-electron chi connectivity index (χ3n) is 10.8. The Balaban J connectivity index is 0.000000175. The largest absolute Gasteiger partial charge is 0.392 e. The van der Waals surface area contributed by atoms with Crippen LogP contribution in [0.15, 0.2) is 49.1 Å². The molecule has 2 aliphatic carbocycles. The van der Waals surface area contributed by atoms with E-state index in [1.54, 1.807) is 42.3 Å². The second-order valence-corrected chi connectivity index (χ2v) is 16.5. The Kier molecular flexibility index (Phi) is 12.0. The number of benzene rings is 2. The van der Waals surface area contributed by atoms with E-state index in [0.717, 1.165) is 89.1 Å². The number of hydrogen-bond donors (Lipinski definition) is 3. The van der Waals surface area contributed by atoms with Gasteiger partial charge in [-0.15, -0.1) is 22.7 Å². The SMILES string of the molecule is C.CC(=O)c1cccc2sc3ncnc(NC4CCC(N(C)C)CC4)c3c12.CN(C)C1CCC(Nc2ncnc3sc4cccc(CO)c4c23)CC1. The van der Waals surface area contributed by atoms with Gasteiger partial charge < -0.3 is 25.5 Å². The number of rotatable bonds is 8. The molecule has 10 nitrogen and oxygen atoms in total. The number of thiophene rings is 2. The third kappa shape index (κ3) is 7.77. The number of Topliss-reactive ketones (excluding diaryl/α,β-unsaturated/α-hetero) is 1. The maximum Gasteiger partial charge on any atom is 0.160 e. The summed E-state index contributed by atoms with van der Waals surface area (Å²) < 4.78 is 2.24. The second kappa shape index (κ2) is 16.5. The summed E-state index contributed by atoms with van der Waals surface area (Å²) in [4.78, 5) is 36.7. The van der Waals surface area contributed by atoms with Crippen LogP contribution in [0.1, 0.15) is 81.6 Å². The first-order valence-corrected chi connectivity index (χ1v) is 19.6.